The molecule has 6 heteroatoms. The minimum atomic E-state index is -0.851. The second-order valence-electron chi connectivity index (χ2n) is 6.88. The lowest BCUT2D eigenvalue weighted by Crippen LogP contribution is -2.26. The molecule has 0 amide bonds. The summed E-state index contributed by atoms with van der Waals surface area (Å²) < 4.78 is 1.67. The quantitative estimate of drug-likeness (QED) is 0.766. The highest BCUT2D eigenvalue weighted by molar-refractivity contribution is 7.18. The van der Waals surface area contributed by atoms with Crippen molar-refractivity contribution >= 4 is 27.5 Å². The van der Waals surface area contributed by atoms with Gasteiger partial charge in [-0.2, -0.15) is 0 Å². The third kappa shape index (κ3) is 2.65. The Morgan fingerprint density at radius 2 is 2.12 bits per heavy atom. The highest BCUT2D eigenvalue weighted by Gasteiger charge is 2.32. The molecule has 1 N–H and O–H groups in total. The van der Waals surface area contributed by atoms with Crippen molar-refractivity contribution in [3.8, 4) is 0 Å². The van der Waals surface area contributed by atoms with Crippen LogP contribution in [0.1, 0.15) is 46.2 Å². The van der Waals surface area contributed by atoms with Gasteiger partial charge in [-0.15, -0.1) is 11.3 Å². The number of nitrogens with zero attached hydrogens (tertiary/aromatic N) is 2. The second kappa shape index (κ2) is 6.36. The number of rotatable bonds is 3. The van der Waals surface area contributed by atoms with E-state index in [4.69, 9.17) is 0 Å². The number of carboxylic acids is 1. The molecular formula is C20H20N2O3S. The SMILES string of the molecule is Cc1ccccc1Cn1c(C)nc2sc3c(c2c1=O)C(C(=O)O)CCC3. The molecule has 0 bridgehead atoms. The van der Waals surface area contributed by atoms with E-state index >= 15 is 0 Å². The molecule has 5 nitrogen and oxygen atoms in total. The summed E-state index contributed by atoms with van der Waals surface area (Å²) >= 11 is 1.48. The van der Waals surface area contributed by atoms with Crippen LogP contribution in [0.15, 0.2) is 29.1 Å². The van der Waals surface area contributed by atoms with Crippen molar-refractivity contribution in [2.75, 3.05) is 0 Å². The summed E-state index contributed by atoms with van der Waals surface area (Å²) in [6.07, 6.45) is 2.25. The fraction of sp³-hybridized carbons (Fsp3) is 0.350. The molecule has 0 spiro atoms. The van der Waals surface area contributed by atoms with Crippen LogP contribution in [0.2, 0.25) is 0 Å². The lowest BCUT2D eigenvalue weighted by molar-refractivity contribution is -0.139. The molecule has 26 heavy (non-hydrogen) atoms. The molecule has 0 saturated heterocycles. The monoisotopic (exact) mass is 368 g/mol. The first-order chi connectivity index (χ1) is 12.5. The smallest absolute Gasteiger partial charge is 0.311 e. The summed E-state index contributed by atoms with van der Waals surface area (Å²) in [7, 11) is 0. The number of hydrogen-bond donors (Lipinski definition) is 1. The summed E-state index contributed by atoms with van der Waals surface area (Å²) in [5, 5.41) is 10.1. The lowest BCUT2D eigenvalue weighted by atomic mass is 9.86. The van der Waals surface area contributed by atoms with Crippen molar-refractivity contribution < 1.29 is 9.90 Å². The zero-order valence-electron chi connectivity index (χ0n) is 14.8. The first kappa shape index (κ1) is 17.0. The lowest BCUT2D eigenvalue weighted by Gasteiger charge is -2.19. The molecule has 134 valence electrons. The topological polar surface area (TPSA) is 72.2 Å². The summed E-state index contributed by atoms with van der Waals surface area (Å²) in [5.41, 5.74) is 2.77. The van der Waals surface area contributed by atoms with Gasteiger partial charge in [0.1, 0.15) is 10.7 Å². The van der Waals surface area contributed by atoms with Crippen LogP contribution in [0.3, 0.4) is 0 Å². The Morgan fingerprint density at radius 1 is 1.35 bits per heavy atom. The largest absolute Gasteiger partial charge is 0.481 e. The number of carboxylic acid groups (broad SMARTS) is 1. The van der Waals surface area contributed by atoms with Gasteiger partial charge in [-0.3, -0.25) is 14.2 Å². The minimum absolute atomic E-state index is 0.124. The summed E-state index contributed by atoms with van der Waals surface area (Å²) in [5.74, 6) is -0.788. The van der Waals surface area contributed by atoms with Gasteiger partial charge < -0.3 is 5.11 Å². The Kier molecular flexibility index (Phi) is 4.15. The van der Waals surface area contributed by atoms with Gasteiger partial charge in [0.05, 0.1) is 17.8 Å². The fourth-order valence-corrected chi connectivity index (χ4v) is 5.12. The predicted molar refractivity (Wildman–Crippen MR) is 102 cm³/mol. The zero-order chi connectivity index (χ0) is 18.4. The van der Waals surface area contributed by atoms with Gasteiger partial charge in [0.25, 0.3) is 5.56 Å². The molecule has 1 aliphatic carbocycles. The number of thiophene rings is 1. The van der Waals surface area contributed by atoms with Crippen molar-refractivity contribution in [1.82, 2.24) is 9.55 Å². The number of aromatic nitrogens is 2. The average molecular weight is 368 g/mol. The fourth-order valence-electron chi connectivity index (χ4n) is 3.81. The van der Waals surface area contributed by atoms with Crippen LogP contribution < -0.4 is 5.56 Å². The van der Waals surface area contributed by atoms with Gasteiger partial charge in [0.15, 0.2) is 0 Å². The average Bonchev–Trinajstić information content (AvgIpc) is 2.97. The Balaban J connectivity index is 1.94. The van der Waals surface area contributed by atoms with Crippen LogP contribution >= 0.6 is 11.3 Å². The first-order valence-electron chi connectivity index (χ1n) is 8.77. The van der Waals surface area contributed by atoms with Gasteiger partial charge in [0, 0.05) is 4.88 Å². The van der Waals surface area contributed by atoms with Crippen LogP contribution in [0.25, 0.3) is 10.2 Å². The number of benzene rings is 1. The highest BCUT2D eigenvalue weighted by atomic mass is 32.1. The molecule has 1 unspecified atom stereocenters. The predicted octanol–water partition coefficient (Wildman–Crippen LogP) is 3.63. The van der Waals surface area contributed by atoms with Crippen molar-refractivity contribution in [3.63, 3.8) is 0 Å². The molecule has 0 aliphatic heterocycles. The molecule has 0 radical (unpaired) electrons. The van der Waals surface area contributed by atoms with Gasteiger partial charge in [-0.25, -0.2) is 4.98 Å². The van der Waals surface area contributed by atoms with E-state index in [1.165, 1.54) is 11.3 Å². The third-order valence-electron chi connectivity index (χ3n) is 5.25. The molecule has 2 heterocycles. The standard InChI is InChI=1S/C20H20N2O3S/c1-11-6-3-4-7-13(11)10-22-12(2)21-18-17(19(22)23)16-14(20(24)25)8-5-9-15(16)26-18/h3-4,6-7,14H,5,8-10H2,1-2H3,(H,24,25). The maximum Gasteiger partial charge on any atom is 0.311 e. The van der Waals surface area contributed by atoms with Crippen LogP contribution in [0.5, 0.6) is 0 Å². The van der Waals surface area contributed by atoms with Crippen LogP contribution in [-0.4, -0.2) is 20.6 Å². The van der Waals surface area contributed by atoms with E-state index in [-0.39, 0.29) is 5.56 Å². The molecule has 0 saturated carbocycles. The van der Waals surface area contributed by atoms with E-state index in [9.17, 15) is 14.7 Å². The Morgan fingerprint density at radius 3 is 2.85 bits per heavy atom. The number of hydrogen-bond acceptors (Lipinski definition) is 4. The van der Waals surface area contributed by atoms with Crippen molar-refractivity contribution in [3.05, 3.63) is 62.0 Å². The Bertz CT molecular complexity index is 1080. The minimum Gasteiger partial charge on any atom is -0.481 e. The second-order valence-corrected chi connectivity index (χ2v) is 7.96. The number of aryl methyl sites for hydroxylation is 3. The summed E-state index contributed by atoms with van der Waals surface area (Å²) in [6, 6.07) is 7.97. The molecule has 1 aliphatic rings. The Labute approximate surface area is 154 Å². The third-order valence-corrected chi connectivity index (χ3v) is 6.41. The molecule has 0 fully saturated rings. The molecule has 1 aromatic carbocycles. The first-order valence-corrected chi connectivity index (χ1v) is 9.59. The van der Waals surface area contributed by atoms with Gasteiger partial charge in [0.2, 0.25) is 0 Å². The van der Waals surface area contributed by atoms with E-state index in [1.54, 1.807) is 4.57 Å². The normalized spacial score (nSPS) is 16.6. The van der Waals surface area contributed by atoms with Gasteiger partial charge >= 0.3 is 5.97 Å². The van der Waals surface area contributed by atoms with Crippen molar-refractivity contribution in [2.24, 2.45) is 0 Å². The zero-order valence-corrected chi connectivity index (χ0v) is 15.6. The van der Waals surface area contributed by atoms with E-state index < -0.39 is 11.9 Å². The molecule has 4 rings (SSSR count). The number of fused-ring (bicyclic) bond motifs is 3. The molecule has 1 atom stereocenters. The van der Waals surface area contributed by atoms with Crippen LogP contribution in [0.4, 0.5) is 0 Å². The van der Waals surface area contributed by atoms with E-state index in [1.807, 2.05) is 38.1 Å². The van der Waals surface area contributed by atoms with Crippen molar-refractivity contribution in [1.29, 1.82) is 0 Å². The van der Waals surface area contributed by atoms with Crippen LogP contribution in [0, 0.1) is 13.8 Å². The molecular weight excluding hydrogens is 348 g/mol. The highest BCUT2D eigenvalue weighted by Crippen LogP contribution is 2.40. The van der Waals surface area contributed by atoms with E-state index in [2.05, 4.69) is 4.98 Å². The van der Waals surface area contributed by atoms with Gasteiger partial charge in [-0.05, 0) is 49.8 Å². The van der Waals surface area contributed by atoms with Gasteiger partial charge in [-0.1, -0.05) is 24.3 Å². The maximum absolute atomic E-state index is 13.3. The number of aliphatic carboxylic acids is 1. The molecule has 3 aromatic rings. The maximum atomic E-state index is 13.3. The summed E-state index contributed by atoms with van der Waals surface area (Å²) in [6.45, 7) is 4.31. The van der Waals surface area contributed by atoms with Crippen molar-refractivity contribution in [2.45, 2.75) is 45.6 Å². The number of carbonyl (C=O) groups is 1. The Hall–Kier alpha value is -2.47. The molecule has 2 aromatic heterocycles. The van der Waals surface area contributed by atoms with Crippen LogP contribution in [-0.2, 0) is 17.8 Å². The van der Waals surface area contributed by atoms with E-state index in [0.29, 0.717) is 34.6 Å². The van der Waals surface area contributed by atoms with E-state index in [0.717, 1.165) is 28.8 Å². The summed E-state index contributed by atoms with van der Waals surface area (Å²) in [4.78, 5) is 31.4.